The Morgan fingerprint density at radius 1 is 1.69 bits per heavy atom. The average Bonchev–Trinajstić information content (AvgIpc) is 2.65. The summed E-state index contributed by atoms with van der Waals surface area (Å²) < 4.78 is 24.8. The lowest BCUT2D eigenvalue weighted by Gasteiger charge is -2.14. The van der Waals surface area contributed by atoms with Crippen molar-refractivity contribution in [2.24, 2.45) is 0 Å². The minimum Gasteiger partial charge on any atom is -0.358 e. The normalized spacial score (nSPS) is 11.8. The van der Waals surface area contributed by atoms with Crippen LogP contribution in [-0.2, 0) is 14.8 Å². The fraction of sp³-hybridized carbons (Fsp3) is 0.429. The summed E-state index contributed by atoms with van der Waals surface area (Å²) in [6.07, 6.45) is 1.17. The lowest BCUT2D eigenvalue weighted by molar-refractivity contribution is -0.120. The van der Waals surface area contributed by atoms with E-state index in [4.69, 9.17) is 11.6 Å². The van der Waals surface area contributed by atoms with Crippen LogP contribution in [0.25, 0.3) is 0 Å². The molecule has 0 atom stereocenters. The maximum atomic E-state index is 11.9. The standard InChI is InChI=1S/C7H10ClN3O3S2/c1-9-5(12)4-11(2)16(13,14)6-3-10-7(8)15-6/h3H,4H2,1-2H3,(H,9,12). The van der Waals surface area contributed by atoms with Crippen LogP contribution in [0.3, 0.4) is 0 Å². The van der Waals surface area contributed by atoms with Crippen molar-refractivity contribution in [2.75, 3.05) is 20.6 Å². The van der Waals surface area contributed by atoms with E-state index in [-0.39, 0.29) is 21.1 Å². The number of rotatable bonds is 4. The summed E-state index contributed by atoms with van der Waals surface area (Å²) in [6.45, 7) is -0.242. The van der Waals surface area contributed by atoms with Gasteiger partial charge in [-0.1, -0.05) is 22.9 Å². The molecule has 1 amide bonds. The largest absolute Gasteiger partial charge is 0.358 e. The Bertz CT molecular complexity index is 485. The number of aromatic nitrogens is 1. The molecule has 0 radical (unpaired) electrons. The number of hydrogen-bond donors (Lipinski definition) is 1. The lowest BCUT2D eigenvalue weighted by Crippen LogP contribution is -2.36. The molecular formula is C7H10ClN3O3S2. The highest BCUT2D eigenvalue weighted by atomic mass is 35.5. The highest BCUT2D eigenvalue weighted by Crippen LogP contribution is 2.24. The van der Waals surface area contributed by atoms with Gasteiger partial charge in [0.05, 0.1) is 12.7 Å². The summed E-state index contributed by atoms with van der Waals surface area (Å²) in [6, 6.07) is 0. The van der Waals surface area contributed by atoms with E-state index < -0.39 is 10.0 Å². The number of thiazole rings is 1. The van der Waals surface area contributed by atoms with Crippen molar-refractivity contribution in [3.63, 3.8) is 0 Å². The molecule has 6 nitrogen and oxygen atoms in total. The van der Waals surface area contributed by atoms with Crippen LogP contribution in [0, 0.1) is 0 Å². The monoisotopic (exact) mass is 283 g/mol. The SMILES string of the molecule is CNC(=O)CN(C)S(=O)(=O)c1cnc(Cl)s1. The van der Waals surface area contributed by atoms with Gasteiger partial charge in [-0.2, -0.15) is 4.31 Å². The molecule has 1 aromatic rings. The first-order valence-corrected chi connectivity index (χ1v) is 6.79. The molecule has 0 bridgehead atoms. The van der Waals surface area contributed by atoms with E-state index in [1.807, 2.05) is 0 Å². The fourth-order valence-electron chi connectivity index (χ4n) is 0.878. The van der Waals surface area contributed by atoms with Crippen molar-refractivity contribution in [1.29, 1.82) is 0 Å². The third-order valence-corrected chi connectivity index (χ3v) is 5.12. The molecule has 0 saturated heterocycles. The number of carbonyl (C=O) groups excluding carboxylic acids is 1. The minimum absolute atomic E-state index is 0.0175. The molecule has 0 unspecified atom stereocenters. The van der Waals surface area contributed by atoms with Crippen molar-refractivity contribution >= 4 is 38.9 Å². The summed E-state index contributed by atoms with van der Waals surface area (Å²) in [5.74, 6) is -0.387. The zero-order chi connectivity index (χ0) is 12.3. The summed E-state index contributed by atoms with van der Waals surface area (Å²) in [5, 5.41) is 2.34. The second kappa shape index (κ2) is 5.09. The van der Waals surface area contributed by atoms with Gasteiger partial charge in [0, 0.05) is 14.1 Å². The van der Waals surface area contributed by atoms with Crippen molar-refractivity contribution in [3.05, 3.63) is 10.7 Å². The van der Waals surface area contributed by atoms with Gasteiger partial charge in [-0.25, -0.2) is 13.4 Å². The molecule has 16 heavy (non-hydrogen) atoms. The summed E-state index contributed by atoms with van der Waals surface area (Å²) in [7, 11) is -0.925. The topological polar surface area (TPSA) is 79.4 Å². The van der Waals surface area contributed by atoms with Crippen molar-refractivity contribution in [2.45, 2.75) is 4.21 Å². The number of likely N-dealkylation sites (N-methyl/N-ethyl adjacent to an activating group) is 2. The predicted octanol–water partition coefficient (Wildman–Crippen LogP) is 0.163. The van der Waals surface area contributed by atoms with E-state index in [1.54, 1.807) is 0 Å². The van der Waals surface area contributed by atoms with Crippen LogP contribution in [-0.4, -0.2) is 44.3 Å². The Hall–Kier alpha value is -0.700. The molecule has 1 aromatic heterocycles. The quantitative estimate of drug-likeness (QED) is 0.854. The zero-order valence-corrected chi connectivity index (χ0v) is 11.0. The maximum Gasteiger partial charge on any atom is 0.254 e. The van der Waals surface area contributed by atoms with Crippen LogP contribution >= 0.6 is 22.9 Å². The average molecular weight is 284 g/mol. The third kappa shape index (κ3) is 2.91. The van der Waals surface area contributed by atoms with Crippen molar-refractivity contribution in [1.82, 2.24) is 14.6 Å². The van der Waals surface area contributed by atoms with Crippen LogP contribution in [0.1, 0.15) is 0 Å². The molecule has 0 aliphatic heterocycles. The molecule has 0 aliphatic rings. The highest BCUT2D eigenvalue weighted by molar-refractivity contribution is 7.91. The number of amides is 1. The summed E-state index contributed by atoms with van der Waals surface area (Å²) in [5.41, 5.74) is 0. The zero-order valence-electron chi connectivity index (χ0n) is 8.60. The Balaban J connectivity index is 2.90. The molecule has 0 spiro atoms. The van der Waals surface area contributed by atoms with E-state index in [1.165, 1.54) is 20.3 Å². The van der Waals surface area contributed by atoms with Gasteiger partial charge >= 0.3 is 0 Å². The van der Waals surface area contributed by atoms with Crippen LogP contribution in [0.15, 0.2) is 10.4 Å². The van der Waals surface area contributed by atoms with E-state index in [0.717, 1.165) is 15.6 Å². The molecule has 1 N–H and O–H groups in total. The van der Waals surface area contributed by atoms with Gasteiger partial charge in [0.1, 0.15) is 0 Å². The van der Waals surface area contributed by atoms with Gasteiger partial charge in [0.25, 0.3) is 10.0 Å². The minimum atomic E-state index is -3.68. The van der Waals surface area contributed by atoms with Crippen LogP contribution in [0.4, 0.5) is 0 Å². The molecule has 0 saturated carbocycles. The lowest BCUT2D eigenvalue weighted by atomic mass is 10.6. The Labute approximate surface area is 102 Å². The molecule has 0 aromatic carbocycles. The number of nitrogens with zero attached hydrogens (tertiary/aromatic N) is 2. The second-order valence-corrected chi connectivity index (χ2v) is 6.75. The van der Waals surface area contributed by atoms with Gasteiger partial charge in [0.15, 0.2) is 8.68 Å². The van der Waals surface area contributed by atoms with Gasteiger partial charge in [-0.3, -0.25) is 4.79 Å². The van der Waals surface area contributed by atoms with Gasteiger partial charge < -0.3 is 5.32 Å². The number of hydrogen-bond acceptors (Lipinski definition) is 5. The van der Waals surface area contributed by atoms with E-state index in [0.29, 0.717) is 0 Å². The van der Waals surface area contributed by atoms with Crippen LogP contribution in [0.5, 0.6) is 0 Å². The van der Waals surface area contributed by atoms with Gasteiger partial charge in [0.2, 0.25) is 5.91 Å². The number of halogens is 1. The summed E-state index contributed by atoms with van der Waals surface area (Å²) >= 11 is 6.40. The van der Waals surface area contributed by atoms with Gasteiger partial charge in [-0.15, -0.1) is 0 Å². The van der Waals surface area contributed by atoms with E-state index >= 15 is 0 Å². The van der Waals surface area contributed by atoms with Crippen molar-refractivity contribution in [3.8, 4) is 0 Å². The maximum absolute atomic E-state index is 11.9. The van der Waals surface area contributed by atoms with Crippen LogP contribution in [0.2, 0.25) is 4.47 Å². The number of carbonyl (C=O) groups is 1. The smallest absolute Gasteiger partial charge is 0.254 e. The molecule has 1 rings (SSSR count). The Morgan fingerprint density at radius 2 is 2.31 bits per heavy atom. The van der Waals surface area contributed by atoms with Crippen molar-refractivity contribution < 1.29 is 13.2 Å². The first kappa shape index (κ1) is 13.4. The molecule has 0 aliphatic carbocycles. The summed E-state index contributed by atoms with van der Waals surface area (Å²) in [4.78, 5) is 14.7. The fourth-order valence-corrected chi connectivity index (χ4v) is 3.51. The second-order valence-electron chi connectivity index (χ2n) is 2.87. The molecular weight excluding hydrogens is 274 g/mol. The first-order chi connectivity index (χ1) is 7.37. The number of nitrogens with one attached hydrogen (secondary N) is 1. The Morgan fingerprint density at radius 3 is 2.75 bits per heavy atom. The van der Waals surface area contributed by atoms with Crippen LogP contribution < -0.4 is 5.32 Å². The molecule has 90 valence electrons. The highest BCUT2D eigenvalue weighted by Gasteiger charge is 2.24. The third-order valence-electron chi connectivity index (χ3n) is 1.77. The molecule has 0 fully saturated rings. The predicted molar refractivity (Wildman–Crippen MR) is 61.0 cm³/mol. The molecule has 9 heteroatoms. The van der Waals surface area contributed by atoms with E-state index in [2.05, 4.69) is 10.3 Å². The van der Waals surface area contributed by atoms with E-state index in [9.17, 15) is 13.2 Å². The number of sulfonamides is 1. The first-order valence-electron chi connectivity index (χ1n) is 4.16. The Kier molecular flexibility index (Phi) is 4.25. The molecule has 1 heterocycles. The van der Waals surface area contributed by atoms with Gasteiger partial charge in [-0.05, 0) is 0 Å².